The van der Waals surface area contributed by atoms with Gasteiger partial charge in [0, 0.05) is 12.1 Å². The molecule has 1 aromatic rings. The Morgan fingerprint density at radius 1 is 1.58 bits per heavy atom. The van der Waals surface area contributed by atoms with Crippen molar-refractivity contribution < 1.29 is 14.3 Å². The smallest absolute Gasteiger partial charge is 0.261 e. The maximum atomic E-state index is 11.7. The third-order valence-corrected chi connectivity index (χ3v) is 2.53. The molecular formula is C14H18N2O3. The molecule has 1 aromatic carbocycles. The fraction of sp³-hybridized carbons (Fsp3) is 0.357. The van der Waals surface area contributed by atoms with Crippen LogP contribution in [0.15, 0.2) is 18.2 Å². The molecule has 0 saturated heterocycles. The van der Waals surface area contributed by atoms with Gasteiger partial charge in [0.1, 0.15) is 0 Å². The van der Waals surface area contributed by atoms with Crippen molar-refractivity contribution in [2.24, 2.45) is 5.73 Å². The maximum absolute atomic E-state index is 11.7. The Kier molecular flexibility index (Phi) is 5.71. The van der Waals surface area contributed by atoms with Crippen LogP contribution in [-0.4, -0.2) is 25.7 Å². The van der Waals surface area contributed by atoms with Crippen molar-refractivity contribution >= 4 is 5.91 Å². The molecule has 1 amide bonds. The van der Waals surface area contributed by atoms with Crippen LogP contribution in [0.5, 0.6) is 11.5 Å². The van der Waals surface area contributed by atoms with Gasteiger partial charge in [0.15, 0.2) is 17.6 Å². The topological polar surface area (TPSA) is 73.6 Å². The monoisotopic (exact) mass is 262 g/mol. The summed E-state index contributed by atoms with van der Waals surface area (Å²) in [6.07, 6.45) is 4.39. The van der Waals surface area contributed by atoms with Crippen molar-refractivity contribution in [3.63, 3.8) is 0 Å². The minimum absolute atomic E-state index is 0.169. The Hall–Kier alpha value is -2.19. The molecule has 0 saturated carbocycles. The highest BCUT2D eigenvalue weighted by molar-refractivity contribution is 5.81. The normalized spacial score (nSPS) is 11.3. The van der Waals surface area contributed by atoms with E-state index in [1.54, 1.807) is 13.0 Å². The van der Waals surface area contributed by atoms with Gasteiger partial charge < -0.3 is 20.5 Å². The number of carbonyl (C=O) groups is 1. The third kappa shape index (κ3) is 3.90. The number of hydrogen-bond acceptors (Lipinski definition) is 4. The molecular weight excluding hydrogens is 244 g/mol. The molecule has 3 N–H and O–H groups in total. The summed E-state index contributed by atoms with van der Waals surface area (Å²) in [4.78, 5) is 11.7. The van der Waals surface area contributed by atoms with Gasteiger partial charge in [0.2, 0.25) is 0 Å². The van der Waals surface area contributed by atoms with E-state index in [-0.39, 0.29) is 12.5 Å². The van der Waals surface area contributed by atoms with Crippen LogP contribution in [0.25, 0.3) is 0 Å². The van der Waals surface area contributed by atoms with Gasteiger partial charge in [-0.2, -0.15) is 0 Å². The first-order valence-electron chi connectivity index (χ1n) is 5.87. The lowest BCUT2D eigenvalue weighted by atomic mass is 10.2. The first-order chi connectivity index (χ1) is 9.13. The summed E-state index contributed by atoms with van der Waals surface area (Å²) in [6.45, 7) is 2.10. The van der Waals surface area contributed by atoms with E-state index in [4.69, 9.17) is 21.6 Å². The minimum Gasteiger partial charge on any atom is -0.493 e. The number of terminal acetylenes is 1. The molecule has 5 heteroatoms. The largest absolute Gasteiger partial charge is 0.493 e. The van der Waals surface area contributed by atoms with E-state index < -0.39 is 6.10 Å². The molecule has 5 nitrogen and oxygen atoms in total. The molecule has 0 spiro atoms. The highest BCUT2D eigenvalue weighted by atomic mass is 16.5. The lowest BCUT2D eigenvalue weighted by Gasteiger charge is -2.18. The number of carbonyl (C=O) groups excluding carboxylic acids is 1. The first-order valence-corrected chi connectivity index (χ1v) is 5.87. The van der Waals surface area contributed by atoms with Crippen molar-refractivity contribution in [1.29, 1.82) is 0 Å². The quantitative estimate of drug-likeness (QED) is 0.739. The van der Waals surface area contributed by atoms with Gasteiger partial charge in [-0.3, -0.25) is 4.79 Å². The number of hydrogen-bond donors (Lipinski definition) is 2. The molecule has 0 bridgehead atoms. The number of nitrogens with one attached hydrogen (secondary N) is 1. The van der Waals surface area contributed by atoms with Gasteiger partial charge >= 0.3 is 0 Å². The molecule has 19 heavy (non-hydrogen) atoms. The highest BCUT2D eigenvalue weighted by Crippen LogP contribution is 2.31. The Morgan fingerprint density at radius 3 is 2.89 bits per heavy atom. The first kappa shape index (κ1) is 14.9. The number of para-hydroxylation sites is 1. The maximum Gasteiger partial charge on any atom is 0.261 e. The molecule has 0 aliphatic carbocycles. The van der Waals surface area contributed by atoms with Crippen molar-refractivity contribution in [2.45, 2.75) is 19.6 Å². The van der Waals surface area contributed by atoms with Crippen LogP contribution >= 0.6 is 0 Å². The second-order valence-corrected chi connectivity index (χ2v) is 3.83. The second kappa shape index (κ2) is 7.29. The Balaban J connectivity index is 2.86. The van der Waals surface area contributed by atoms with Crippen LogP contribution < -0.4 is 20.5 Å². The van der Waals surface area contributed by atoms with E-state index in [1.807, 2.05) is 12.1 Å². The van der Waals surface area contributed by atoms with Gasteiger partial charge in [-0.25, -0.2) is 0 Å². The van der Waals surface area contributed by atoms with Crippen LogP contribution in [-0.2, 0) is 11.3 Å². The molecule has 0 aromatic heterocycles. The van der Waals surface area contributed by atoms with E-state index in [0.29, 0.717) is 18.0 Å². The average Bonchev–Trinajstić information content (AvgIpc) is 2.44. The van der Waals surface area contributed by atoms with E-state index in [0.717, 1.165) is 5.56 Å². The van der Waals surface area contributed by atoms with Gasteiger partial charge in [0.05, 0.1) is 13.7 Å². The minimum atomic E-state index is -0.685. The number of nitrogens with two attached hydrogens (primary N) is 1. The Morgan fingerprint density at radius 2 is 2.32 bits per heavy atom. The molecule has 0 radical (unpaired) electrons. The third-order valence-electron chi connectivity index (χ3n) is 2.53. The van der Waals surface area contributed by atoms with Crippen LogP contribution in [0.1, 0.15) is 12.5 Å². The standard InChI is InChI=1S/C14H18N2O3/c1-4-8-16-14(17)10(2)19-13-11(9-15)6-5-7-12(13)18-3/h1,5-7,10H,8-9,15H2,2-3H3,(H,16,17). The molecule has 0 heterocycles. The van der Waals surface area contributed by atoms with Crippen LogP contribution in [0.3, 0.4) is 0 Å². The van der Waals surface area contributed by atoms with Crippen molar-refractivity contribution in [3.8, 4) is 23.8 Å². The lowest BCUT2D eigenvalue weighted by molar-refractivity contribution is -0.127. The van der Waals surface area contributed by atoms with Gasteiger partial charge in [-0.1, -0.05) is 18.1 Å². The molecule has 0 fully saturated rings. The molecule has 0 aliphatic rings. The summed E-state index contributed by atoms with van der Waals surface area (Å²) in [5.41, 5.74) is 6.42. The number of ether oxygens (including phenoxy) is 2. The number of benzene rings is 1. The Bertz CT molecular complexity index is 458. The summed E-state index contributed by atoms with van der Waals surface area (Å²) < 4.78 is 10.8. The molecule has 1 rings (SSSR count). The molecule has 1 atom stereocenters. The molecule has 102 valence electrons. The predicted octanol–water partition coefficient (Wildman–Crippen LogP) is 0.671. The number of amides is 1. The van der Waals surface area contributed by atoms with E-state index in [2.05, 4.69) is 11.2 Å². The summed E-state index contributed by atoms with van der Waals surface area (Å²) >= 11 is 0. The van der Waals surface area contributed by atoms with Crippen molar-refractivity contribution in [1.82, 2.24) is 5.32 Å². The van der Waals surface area contributed by atoms with Crippen LogP contribution in [0.2, 0.25) is 0 Å². The molecule has 1 unspecified atom stereocenters. The van der Waals surface area contributed by atoms with Crippen molar-refractivity contribution in [2.75, 3.05) is 13.7 Å². The van der Waals surface area contributed by atoms with Crippen LogP contribution in [0.4, 0.5) is 0 Å². The van der Waals surface area contributed by atoms with Gasteiger partial charge in [0.25, 0.3) is 5.91 Å². The van der Waals surface area contributed by atoms with Gasteiger partial charge in [-0.15, -0.1) is 6.42 Å². The zero-order chi connectivity index (χ0) is 14.3. The summed E-state index contributed by atoms with van der Waals surface area (Å²) in [7, 11) is 1.53. The fourth-order valence-electron chi connectivity index (χ4n) is 1.53. The number of methoxy groups -OCH3 is 1. The second-order valence-electron chi connectivity index (χ2n) is 3.83. The van der Waals surface area contributed by atoms with Gasteiger partial charge in [-0.05, 0) is 13.0 Å². The predicted molar refractivity (Wildman–Crippen MR) is 72.8 cm³/mol. The summed E-state index contributed by atoms with van der Waals surface area (Å²) in [5, 5.41) is 2.56. The van der Waals surface area contributed by atoms with E-state index in [1.165, 1.54) is 7.11 Å². The average molecular weight is 262 g/mol. The van der Waals surface area contributed by atoms with Crippen LogP contribution in [0, 0.1) is 12.3 Å². The lowest BCUT2D eigenvalue weighted by Crippen LogP contribution is -2.36. The SMILES string of the molecule is C#CCNC(=O)C(C)Oc1c(CN)cccc1OC. The fourth-order valence-corrected chi connectivity index (χ4v) is 1.53. The van der Waals surface area contributed by atoms with Crippen molar-refractivity contribution in [3.05, 3.63) is 23.8 Å². The molecule has 0 aliphatic heterocycles. The highest BCUT2D eigenvalue weighted by Gasteiger charge is 2.18. The van der Waals surface area contributed by atoms with E-state index in [9.17, 15) is 4.79 Å². The van der Waals surface area contributed by atoms with E-state index >= 15 is 0 Å². The Labute approximate surface area is 113 Å². The summed E-state index contributed by atoms with van der Waals surface area (Å²) in [6, 6.07) is 5.39. The number of rotatable bonds is 6. The summed E-state index contributed by atoms with van der Waals surface area (Å²) in [5.74, 6) is 3.07. The zero-order valence-electron chi connectivity index (χ0n) is 11.1. The zero-order valence-corrected chi connectivity index (χ0v) is 11.1.